The molecule has 2 N–H and O–H groups in total. The number of nitrogens with zero attached hydrogens (tertiary/aromatic N) is 1. The van der Waals surface area contributed by atoms with Crippen LogP contribution in [0.5, 0.6) is 5.75 Å². The van der Waals surface area contributed by atoms with Crippen LogP contribution in [-0.4, -0.2) is 34.5 Å². The number of allylic oxidation sites excluding steroid dienone is 2. The number of carboxylic acid groups (broad SMARTS) is 1. The summed E-state index contributed by atoms with van der Waals surface area (Å²) in [6.45, 7) is 3.91. The van der Waals surface area contributed by atoms with Gasteiger partial charge in [-0.2, -0.15) is 0 Å². The van der Waals surface area contributed by atoms with Gasteiger partial charge >= 0.3 is 5.97 Å². The molecule has 0 unspecified atom stereocenters. The van der Waals surface area contributed by atoms with E-state index in [1.807, 2.05) is 49.4 Å². The van der Waals surface area contributed by atoms with Crippen LogP contribution in [0.25, 0.3) is 11.5 Å². The molecule has 39 heavy (non-hydrogen) atoms. The van der Waals surface area contributed by atoms with Crippen LogP contribution in [0.4, 0.5) is 4.39 Å². The number of nitrogens with one attached hydrogen (secondary N) is 1. The minimum Gasteiger partial charge on any atom is -0.493 e. The second-order valence-electron chi connectivity index (χ2n) is 9.07. The monoisotopic (exact) mass is 528 g/mol. The first-order chi connectivity index (χ1) is 18.8. The number of carbonyl (C=O) groups is 2. The molecule has 0 fully saturated rings. The zero-order chi connectivity index (χ0) is 27.8. The molecule has 4 rings (SSSR count). The normalized spacial score (nSPS) is 12.1. The molecule has 0 saturated carbocycles. The molecule has 0 amide bonds. The van der Waals surface area contributed by atoms with Gasteiger partial charge in [0, 0.05) is 35.7 Å². The van der Waals surface area contributed by atoms with Crippen LogP contribution in [0.15, 0.2) is 95.1 Å². The summed E-state index contributed by atoms with van der Waals surface area (Å²) < 4.78 is 24.7. The van der Waals surface area contributed by atoms with Gasteiger partial charge in [0.05, 0.1) is 12.3 Å². The molecule has 0 aliphatic carbocycles. The van der Waals surface area contributed by atoms with Gasteiger partial charge in [-0.3, -0.25) is 4.79 Å². The number of oxazole rings is 1. The molecule has 4 aromatic rings. The first-order valence-corrected chi connectivity index (χ1v) is 12.5. The number of aliphatic carboxylic acids is 1. The molecule has 1 atom stereocenters. The summed E-state index contributed by atoms with van der Waals surface area (Å²) in [7, 11) is 0. The highest BCUT2D eigenvalue weighted by Gasteiger charge is 2.18. The number of ether oxygens (including phenoxy) is 1. The molecular formula is C31H29FN2O5. The molecular weight excluding hydrogens is 499 g/mol. The quantitative estimate of drug-likeness (QED) is 0.177. The largest absolute Gasteiger partial charge is 0.493 e. The number of carbonyl (C=O) groups excluding carboxylic acids is 1. The highest BCUT2D eigenvalue weighted by Crippen LogP contribution is 2.22. The van der Waals surface area contributed by atoms with Gasteiger partial charge in [0.25, 0.3) is 0 Å². The summed E-state index contributed by atoms with van der Waals surface area (Å²) in [5.74, 6) is 0.166. The van der Waals surface area contributed by atoms with Crippen molar-refractivity contribution in [2.45, 2.75) is 32.7 Å². The molecule has 1 aromatic heterocycles. The average molecular weight is 529 g/mol. The topological polar surface area (TPSA) is 102 Å². The Hall–Kier alpha value is -4.72. The molecule has 0 spiro atoms. The summed E-state index contributed by atoms with van der Waals surface area (Å²) in [5.41, 5.74) is 3.26. The van der Waals surface area contributed by atoms with E-state index in [1.165, 1.54) is 30.3 Å². The number of carboxylic acids is 1. The first-order valence-electron chi connectivity index (χ1n) is 12.5. The lowest BCUT2D eigenvalue weighted by Crippen LogP contribution is -2.37. The van der Waals surface area contributed by atoms with Gasteiger partial charge in [-0.25, -0.2) is 14.2 Å². The van der Waals surface area contributed by atoms with Gasteiger partial charge in [0.1, 0.15) is 23.4 Å². The van der Waals surface area contributed by atoms with Crippen LogP contribution in [0.1, 0.15) is 34.3 Å². The maximum Gasteiger partial charge on any atom is 0.326 e. The fourth-order valence-corrected chi connectivity index (χ4v) is 4.00. The molecule has 0 bridgehead atoms. The molecule has 3 aromatic carbocycles. The van der Waals surface area contributed by atoms with E-state index in [0.717, 1.165) is 22.6 Å². The Morgan fingerprint density at radius 1 is 1.05 bits per heavy atom. The summed E-state index contributed by atoms with van der Waals surface area (Å²) in [6, 6.07) is 21.1. The standard InChI is InChI=1S/C31H29FN2O5/c1-20(18-29(35)23-10-12-25(32)13-11-23)33-28(31(36)37)19-22-8-14-26(15-9-22)38-17-16-27-21(2)39-30(34-27)24-6-4-3-5-7-24/h3-15,18,28,33H,16-17,19H2,1-2H3,(H,36,37)/b20-18-/t28-/m0/s1. The Labute approximate surface area is 226 Å². The highest BCUT2D eigenvalue weighted by atomic mass is 19.1. The third kappa shape index (κ3) is 7.64. The number of benzene rings is 3. The molecule has 0 aliphatic rings. The van der Waals surface area contributed by atoms with Crippen molar-refractivity contribution < 1.29 is 28.2 Å². The van der Waals surface area contributed by atoms with Crippen LogP contribution in [-0.2, 0) is 17.6 Å². The molecule has 0 aliphatic heterocycles. The van der Waals surface area contributed by atoms with E-state index < -0.39 is 17.8 Å². The number of aromatic nitrogens is 1. The maximum absolute atomic E-state index is 13.1. The fourth-order valence-electron chi connectivity index (χ4n) is 4.00. The third-order valence-electron chi connectivity index (χ3n) is 6.06. The minimum atomic E-state index is -1.05. The number of hydrogen-bond acceptors (Lipinski definition) is 6. The lowest BCUT2D eigenvalue weighted by molar-refractivity contribution is -0.139. The van der Waals surface area contributed by atoms with Crippen molar-refractivity contribution in [2.75, 3.05) is 6.61 Å². The zero-order valence-electron chi connectivity index (χ0n) is 21.7. The van der Waals surface area contributed by atoms with Gasteiger partial charge in [-0.1, -0.05) is 30.3 Å². The van der Waals surface area contributed by atoms with Crippen LogP contribution < -0.4 is 10.1 Å². The van der Waals surface area contributed by atoms with Gasteiger partial charge in [-0.15, -0.1) is 0 Å². The highest BCUT2D eigenvalue weighted by molar-refractivity contribution is 6.04. The predicted molar refractivity (Wildman–Crippen MR) is 145 cm³/mol. The number of rotatable bonds is 12. The van der Waals surface area contributed by atoms with Gasteiger partial charge in [0.2, 0.25) is 5.89 Å². The number of aryl methyl sites for hydroxylation is 1. The SMILES string of the molecule is C/C(=C/C(=O)c1ccc(F)cc1)N[C@@H](Cc1ccc(OCCc2nc(-c3ccccc3)oc2C)cc1)C(=O)O. The molecule has 0 saturated heterocycles. The predicted octanol–water partition coefficient (Wildman–Crippen LogP) is 5.78. The Morgan fingerprint density at radius 2 is 1.74 bits per heavy atom. The Bertz CT molecular complexity index is 1440. The molecule has 200 valence electrons. The van der Waals surface area contributed by atoms with Crippen molar-refractivity contribution in [3.05, 3.63) is 119 Å². The van der Waals surface area contributed by atoms with Crippen molar-refractivity contribution in [3.63, 3.8) is 0 Å². The van der Waals surface area contributed by atoms with Crippen LogP contribution in [0.2, 0.25) is 0 Å². The van der Waals surface area contributed by atoms with Crippen molar-refractivity contribution in [1.82, 2.24) is 10.3 Å². The van der Waals surface area contributed by atoms with E-state index >= 15 is 0 Å². The number of halogens is 1. The van der Waals surface area contributed by atoms with Crippen molar-refractivity contribution in [2.24, 2.45) is 0 Å². The van der Waals surface area contributed by atoms with Gasteiger partial charge in [0.15, 0.2) is 5.78 Å². The second-order valence-corrected chi connectivity index (χ2v) is 9.07. The van der Waals surface area contributed by atoms with E-state index in [9.17, 15) is 19.1 Å². The summed E-state index contributed by atoms with van der Waals surface area (Å²) in [5, 5.41) is 12.6. The average Bonchev–Trinajstić information content (AvgIpc) is 3.30. The van der Waals surface area contributed by atoms with Crippen molar-refractivity contribution in [1.29, 1.82) is 0 Å². The fraction of sp³-hybridized carbons (Fsp3) is 0.194. The molecule has 7 nitrogen and oxygen atoms in total. The summed E-state index contributed by atoms with van der Waals surface area (Å²) in [6.07, 6.45) is 2.09. The smallest absolute Gasteiger partial charge is 0.326 e. The Balaban J connectivity index is 1.30. The summed E-state index contributed by atoms with van der Waals surface area (Å²) in [4.78, 5) is 28.8. The molecule has 0 radical (unpaired) electrons. The lowest BCUT2D eigenvalue weighted by Gasteiger charge is -2.16. The van der Waals surface area contributed by atoms with Crippen molar-refractivity contribution in [3.8, 4) is 17.2 Å². The van der Waals surface area contributed by atoms with Crippen LogP contribution in [0, 0.1) is 12.7 Å². The summed E-state index contributed by atoms with van der Waals surface area (Å²) >= 11 is 0. The van der Waals surface area contributed by atoms with E-state index in [1.54, 1.807) is 19.1 Å². The van der Waals surface area contributed by atoms with Crippen LogP contribution >= 0.6 is 0 Å². The Kier molecular flexibility index (Phi) is 8.89. The Morgan fingerprint density at radius 3 is 2.41 bits per heavy atom. The van der Waals surface area contributed by atoms with E-state index in [4.69, 9.17) is 9.15 Å². The minimum absolute atomic E-state index is 0.200. The third-order valence-corrected chi connectivity index (χ3v) is 6.06. The van der Waals surface area contributed by atoms with E-state index in [-0.39, 0.29) is 12.2 Å². The van der Waals surface area contributed by atoms with Gasteiger partial charge < -0.3 is 19.6 Å². The maximum atomic E-state index is 13.1. The lowest BCUT2D eigenvalue weighted by atomic mass is 10.0. The first kappa shape index (κ1) is 27.3. The second kappa shape index (κ2) is 12.7. The van der Waals surface area contributed by atoms with Gasteiger partial charge in [-0.05, 0) is 67.9 Å². The van der Waals surface area contributed by atoms with Crippen LogP contribution in [0.3, 0.4) is 0 Å². The zero-order valence-corrected chi connectivity index (χ0v) is 21.7. The van der Waals surface area contributed by atoms with Crippen molar-refractivity contribution >= 4 is 11.8 Å². The van der Waals surface area contributed by atoms with E-state index in [0.29, 0.717) is 35.9 Å². The number of hydrogen-bond donors (Lipinski definition) is 2. The van der Waals surface area contributed by atoms with E-state index in [2.05, 4.69) is 10.3 Å². The number of ketones is 1. The molecule has 8 heteroatoms. The molecule has 1 heterocycles.